The van der Waals surface area contributed by atoms with Gasteiger partial charge in [0.2, 0.25) is 0 Å². The third kappa shape index (κ3) is 2.25. The molecule has 2 aromatic rings. The normalized spacial score (nSPS) is 11.0. The van der Waals surface area contributed by atoms with Crippen LogP contribution in [-0.2, 0) is 0 Å². The molecule has 0 bridgehead atoms. The van der Waals surface area contributed by atoms with Gasteiger partial charge in [-0.15, -0.1) is 11.3 Å². The minimum Gasteiger partial charge on any atom is -0.306 e. The first-order chi connectivity index (χ1) is 7.58. The standard InChI is InChI=1S/C11H11BrN2OS/c1-6(2)8-5-9(15)14-11(13-8)10-7(12)3-4-16-10/h3-6H,1-2H3,(H,13,14,15). The molecule has 0 amide bonds. The molecule has 0 fully saturated rings. The molecule has 0 saturated carbocycles. The molecule has 0 aliphatic rings. The average Bonchev–Trinajstić information content (AvgIpc) is 2.63. The molecule has 3 nitrogen and oxygen atoms in total. The number of hydrogen-bond donors (Lipinski definition) is 1. The number of H-pyrrole nitrogens is 1. The number of rotatable bonds is 2. The third-order valence-corrected chi connectivity index (χ3v) is 4.03. The number of aromatic amines is 1. The molecule has 0 radical (unpaired) electrons. The van der Waals surface area contributed by atoms with Crippen molar-refractivity contribution in [1.29, 1.82) is 0 Å². The molecular weight excluding hydrogens is 288 g/mol. The van der Waals surface area contributed by atoms with Crippen molar-refractivity contribution in [3.05, 3.63) is 38.0 Å². The smallest absolute Gasteiger partial charge is 0.251 e. The summed E-state index contributed by atoms with van der Waals surface area (Å²) in [5, 5.41) is 1.96. The van der Waals surface area contributed by atoms with E-state index in [9.17, 15) is 4.79 Å². The lowest BCUT2D eigenvalue weighted by molar-refractivity contribution is 0.812. The summed E-state index contributed by atoms with van der Waals surface area (Å²) in [5.41, 5.74) is 0.716. The quantitative estimate of drug-likeness (QED) is 0.924. The Labute approximate surface area is 106 Å². The molecule has 84 valence electrons. The van der Waals surface area contributed by atoms with Gasteiger partial charge in [0.1, 0.15) is 0 Å². The van der Waals surface area contributed by atoms with Gasteiger partial charge in [-0.1, -0.05) is 13.8 Å². The lowest BCUT2D eigenvalue weighted by Crippen LogP contribution is -2.10. The van der Waals surface area contributed by atoms with E-state index in [1.165, 1.54) is 0 Å². The molecular formula is C11H11BrN2OS. The Morgan fingerprint density at radius 3 is 2.81 bits per heavy atom. The highest BCUT2D eigenvalue weighted by atomic mass is 79.9. The predicted molar refractivity (Wildman–Crippen MR) is 70.0 cm³/mol. The van der Waals surface area contributed by atoms with Crippen molar-refractivity contribution in [3.63, 3.8) is 0 Å². The number of aromatic nitrogens is 2. The molecule has 0 aliphatic carbocycles. The third-order valence-electron chi connectivity index (χ3n) is 2.19. The Bertz CT molecular complexity index is 559. The summed E-state index contributed by atoms with van der Waals surface area (Å²) >= 11 is 4.99. The minimum atomic E-state index is -0.103. The molecule has 0 saturated heterocycles. The van der Waals surface area contributed by atoms with Crippen molar-refractivity contribution in [1.82, 2.24) is 9.97 Å². The van der Waals surface area contributed by atoms with Gasteiger partial charge in [0.05, 0.1) is 10.6 Å². The molecule has 0 aliphatic heterocycles. The molecule has 0 unspecified atom stereocenters. The number of nitrogens with one attached hydrogen (secondary N) is 1. The van der Waals surface area contributed by atoms with Crippen molar-refractivity contribution < 1.29 is 0 Å². The van der Waals surface area contributed by atoms with Crippen LogP contribution in [0.15, 0.2) is 26.8 Å². The fraction of sp³-hybridized carbons (Fsp3) is 0.273. The fourth-order valence-electron chi connectivity index (χ4n) is 1.34. The molecule has 2 heterocycles. The second-order valence-electron chi connectivity index (χ2n) is 3.77. The van der Waals surface area contributed by atoms with Gasteiger partial charge in [-0.3, -0.25) is 4.79 Å². The van der Waals surface area contributed by atoms with E-state index in [1.807, 2.05) is 25.3 Å². The summed E-state index contributed by atoms with van der Waals surface area (Å²) < 4.78 is 0.960. The number of thiophene rings is 1. The van der Waals surface area contributed by atoms with Crippen molar-refractivity contribution in [2.45, 2.75) is 19.8 Å². The van der Waals surface area contributed by atoms with Crippen molar-refractivity contribution in [2.24, 2.45) is 0 Å². The number of nitrogens with zero attached hydrogens (tertiary/aromatic N) is 1. The SMILES string of the molecule is CC(C)c1cc(=O)[nH]c(-c2sccc2Br)n1. The van der Waals surface area contributed by atoms with E-state index in [4.69, 9.17) is 0 Å². The first-order valence-electron chi connectivity index (χ1n) is 4.92. The van der Waals surface area contributed by atoms with Crippen LogP contribution in [0.1, 0.15) is 25.5 Å². The second kappa shape index (κ2) is 4.51. The largest absolute Gasteiger partial charge is 0.306 e. The zero-order valence-corrected chi connectivity index (χ0v) is 11.4. The van der Waals surface area contributed by atoms with Crippen molar-refractivity contribution in [2.75, 3.05) is 0 Å². The van der Waals surface area contributed by atoms with Crippen LogP contribution < -0.4 is 5.56 Å². The van der Waals surface area contributed by atoms with Gasteiger partial charge in [0.25, 0.3) is 5.56 Å². The highest BCUT2D eigenvalue weighted by Gasteiger charge is 2.10. The van der Waals surface area contributed by atoms with Crippen LogP contribution in [0.2, 0.25) is 0 Å². The highest BCUT2D eigenvalue weighted by Crippen LogP contribution is 2.30. The summed E-state index contributed by atoms with van der Waals surface area (Å²) in [4.78, 5) is 19.7. The molecule has 16 heavy (non-hydrogen) atoms. The maximum absolute atomic E-state index is 11.5. The maximum Gasteiger partial charge on any atom is 0.251 e. The summed E-state index contributed by atoms with van der Waals surface area (Å²) in [6.45, 7) is 4.05. The monoisotopic (exact) mass is 298 g/mol. The van der Waals surface area contributed by atoms with Gasteiger partial charge in [0.15, 0.2) is 5.82 Å². The summed E-state index contributed by atoms with van der Waals surface area (Å²) in [6, 6.07) is 3.50. The molecule has 0 aromatic carbocycles. The zero-order valence-electron chi connectivity index (χ0n) is 8.95. The second-order valence-corrected chi connectivity index (χ2v) is 5.54. The van der Waals surface area contributed by atoms with Gasteiger partial charge in [-0.05, 0) is 33.3 Å². The van der Waals surface area contributed by atoms with Crippen LogP contribution in [0.4, 0.5) is 0 Å². The fourth-order valence-corrected chi connectivity index (χ4v) is 2.85. The molecule has 1 N–H and O–H groups in total. The van der Waals surface area contributed by atoms with Crippen molar-refractivity contribution >= 4 is 27.3 Å². The molecule has 5 heteroatoms. The van der Waals surface area contributed by atoms with E-state index in [-0.39, 0.29) is 11.5 Å². The summed E-state index contributed by atoms with van der Waals surface area (Å²) in [7, 11) is 0. The minimum absolute atomic E-state index is 0.103. The molecule has 2 rings (SSSR count). The Kier molecular flexibility index (Phi) is 3.25. The number of hydrogen-bond acceptors (Lipinski definition) is 3. The summed E-state index contributed by atoms with van der Waals surface area (Å²) in [5.74, 6) is 0.887. The maximum atomic E-state index is 11.5. The van der Waals surface area contributed by atoms with Crippen LogP contribution in [0.25, 0.3) is 10.7 Å². The summed E-state index contributed by atoms with van der Waals surface area (Å²) in [6.07, 6.45) is 0. The van der Waals surface area contributed by atoms with Gasteiger partial charge < -0.3 is 4.98 Å². The molecule has 0 spiro atoms. The first-order valence-corrected chi connectivity index (χ1v) is 6.60. The van der Waals surface area contributed by atoms with Crippen LogP contribution in [-0.4, -0.2) is 9.97 Å². The van der Waals surface area contributed by atoms with Gasteiger partial charge >= 0.3 is 0 Å². The Morgan fingerprint density at radius 1 is 1.50 bits per heavy atom. The van der Waals surface area contributed by atoms with Crippen LogP contribution in [0, 0.1) is 0 Å². The van der Waals surface area contributed by atoms with Crippen molar-refractivity contribution in [3.8, 4) is 10.7 Å². The van der Waals surface area contributed by atoms with Gasteiger partial charge in [-0.2, -0.15) is 0 Å². The van der Waals surface area contributed by atoms with E-state index >= 15 is 0 Å². The van der Waals surface area contributed by atoms with Gasteiger partial charge in [-0.25, -0.2) is 4.98 Å². The average molecular weight is 299 g/mol. The highest BCUT2D eigenvalue weighted by molar-refractivity contribution is 9.10. The Morgan fingerprint density at radius 2 is 2.25 bits per heavy atom. The van der Waals surface area contributed by atoms with E-state index in [0.717, 1.165) is 15.0 Å². The Balaban J connectivity index is 2.58. The molecule has 0 atom stereocenters. The van der Waals surface area contributed by atoms with Gasteiger partial charge in [0, 0.05) is 10.5 Å². The predicted octanol–water partition coefficient (Wildman–Crippen LogP) is 3.38. The van der Waals surface area contributed by atoms with E-state index in [0.29, 0.717) is 5.82 Å². The molecule has 2 aromatic heterocycles. The van der Waals surface area contributed by atoms with E-state index < -0.39 is 0 Å². The number of halogens is 1. The van der Waals surface area contributed by atoms with Crippen LogP contribution in [0.5, 0.6) is 0 Å². The Hall–Kier alpha value is -0.940. The van der Waals surface area contributed by atoms with E-state index in [1.54, 1.807) is 17.4 Å². The lowest BCUT2D eigenvalue weighted by atomic mass is 10.1. The van der Waals surface area contributed by atoms with E-state index in [2.05, 4.69) is 25.9 Å². The van der Waals surface area contributed by atoms with Crippen LogP contribution >= 0.6 is 27.3 Å². The first kappa shape index (κ1) is 11.5. The zero-order chi connectivity index (χ0) is 11.7. The lowest BCUT2D eigenvalue weighted by Gasteiger charge is -2.05. The van der Waals surface area contributed by atoms with Crippen LogP contribution in [0.3, 0.4) is 0 Å². The topological polar surface area (TPSA) is 45.8 Å².